The maximum atomic E-state index is 2.40. The predicted octanol–water partition coefficient (Wildman–Crippen LogP) is 14.4. The predicted molar refractivity (Wildman–Crippen MR) is 215 cm³/mol. The molecule has 0 unspecified atom stereocenters. The van der Waals surface area contributed by atoms with Crippen LogP contribution in [0.1, 0.15) is 0 Å². The monoisotopic (exact) mass is 659 g/mol. The molecule has 0 atom stereocenters. The van der Waals surface area contributed by atoms with Gasteiger partial charge in [0.15, 0.2) is 0 Å². The van der Waals surface area contributed by atoms with E-state index in [1.54, 1.807) is 0 Å². The van der Waals surface area contributed by atoms with E-state index >= 15 is 0 Å². The minimum absolute atomic E-state index is 1.13. The molecule has 0 aliphatic carbocycles. The molecule has 0 saturated heterocycles. The normalized spacial score (nSPS) is 11.7. The van der Waals surface area contributed by atoms with E-state index in [0.29, 0.717) is 0 Å². The van der Waals surface area contributed by atoms with Gasteiger partial charge in [0.1, 0.15) is 0 Å². The van der Waals surface area contributed by atoms with Gasteiger partial charge in [0.2, 0.25) is 0 Å². The van der Waals surface area contributed by atoms with Crippen LogP contribution in [-0.4, -0.2) is 0 Å². The van der Waals surface area contributed by atoms with E-state index in [-0.39, 0.29) is 0 Å². The van der Waals surface area contributed by atoms with Crippen molar-refractivity contribution in [2.45, 2.75) is 0 Å². The van der Waals surface area contributed by atoms with Gasteiger partial charge >= 0.3 is 0 Å². The molecule has 230 valence electrons. The van der Waals surface area contributed by atoms with Crippen LogP contribution in [0.2, 0.25) is 0 Å². The molecule has 0 bridgehead atoms. The van der Waals surface area contributed by atoms with Gasteiger partial charge in [0.05, 0.1) is 0 Å². The average Bonchev–Trinajstić information content (AvgIpc) is 3.73. The number of rotatable bonds is 5. The lowest BCUT2D eigenvalue weighted by Crippen LogP contribution is -2.09. The van der Waals surface area contributed by atoms with E-state index in [1.807, 2.05) is 22.7 Å². The minimum Gasteiger partial charge on any atom is -0.310 e. The van der Waals surface area contributed by atoms with Crippen molar-refractivity contribution >= 4 is 90.9 Å². The number of benzene rings is 8. The quantitative estimate of drug-likeness (QED) is 0.178. The third-order valence-corrected chi connectivity index (χ3v) is 11.9. The van der Waals surface area contributed by atoms with Gasteiger partial charge in [-0.3, -0.25) is 0 Å². The Morgan fingerprint density at radius 2 is 0.837 bits per heavy atom. The van der Waals surface area contributed by atoms with Crippen LogP contribution in [-0.2, 0) is 0 Å². The van der Waals surface area contributed by atoms with E-state index < -0.39 is 0 Å². The molecule has 2 heterocycles. The van der Waals surface area contributed by atoms with Crippen molar-refractivity contribution in [1.29, 1.82) is 0 Å². The highest BCUT2D eigenvalue weighted by Crippen LogP contribution is 2.43. The Hall–Kier alpha value is -5.74. The SMILES string of the molecule is c1cc(-c2ccc3c(c2)sc2ccccc23)cc(N(c2ccc(-c3cccc4ccccc34)cc2)c2ccc3c(c2)sc2ccccc23)c1. The van der Waals surface area contributed by atoms with Crippen molar-refractivity contribution < 1.29 is 0 Å². The standard InChI is InChI=1S/C46H29NS2/c1-2-13-37-30(9-1)10-8-16-38(37)31-19-22-34(23-20-31)47(36-24-26-42-40-15-4-6-18-44(40)49-46(42)29-36)35-12-7-11-32(27-35)33-21-25-41-39-14-3-5-17-43(39)48-45(41)28-33/h1-29H. The maximum absolute atomic E-state index is 2.40. The Kier molecular flexibility index (Phi) is 6.61. The molecule has 1 nitrogen and oxygen atoms in total. The first-order valence-electron chi connectivity index (χ1n) is 16.6. The van der Waals surface area contributed by atoms with Gasteiger partial charge in [0, 0.05) is 57.4 Å². The molecule has 0 saturated carbocycles. The van der Waals surface area contributed by atoms with E-state index in [4.69, 9.17) is 0 Å². The third kappa shape index (κ3) is 4.82. The minimum atomic E-state index is 1.13. The molecule has 0 aliphatic rings. The van der Waals surface area contributed by atoms with E-state index in [0.717, 1.165) is 17.1 Å². The van der Waals surface area contributed by atoms with Crippen molar-refractivity contribution in [2.24, 2.45) is 0 Å². The summed E-state index contributed by atoms with van der Waals surface area (Å²) < 4.78 is 5.26. The molecule has 0 N–H and O–H groups in total. The van der Waals surface area contributed by atoms with Gasteiger partial charge < -0.3 is 4.90 Å². The number of anilines is 3. The van der Waals surface area contributed by atoms with Gasteiger partial charge in [-0.15, -0.1) is 22.7 Å². The summed E-state index contributed by atoms with van der Waals surface area (Å²) in [6.45, 7) is 0. The van der Waals surface area contributed by atoms with Crippen molar-refractivity contribution in [1.82, 2.24) is 0 Å². The Morgan fingerprint density at radius 3 is 1.61 bits per heavy atom. The molecular weight excluding hydrogens is 631 g/mol. The topological polar surface area (TPSA) is 3.24 Å². The smallest absolute Gasteiger partial charge is 0.0476 e. The lowest BCUT2D eigenvalue weighted by atomic mass is 9.98. The Morgan fingerprint density at radius 1 is 0.306 bits per heavy atom. The second kappa shape index (κ2) is 11.5. The highest BCUT2D eigenvalue weighted by molar-refractivity contribution is 7.26. The zero-order valence-electron chi connectivity index (χ0n) is 26.5. The summed E-state index contributed by atoms with van der Waals surface area (Å²) in [7, 11) is 0. The Labute approximate surface area is 292 Å². The molecule has 0 amide bonds. The summed E-state index contributed by atoms with van der Waals surface area (Å²) in [4.78, 5) is 2.40. The largest absolute Gasteiger partial charge is 0.310 e. The van der Waals surface area contributed by atoms with Crippen molar-refractivity contribution in [3.63, 3.8) is 0 Å². The van der Waals surface area contributed by atoms with Crippen molar-refractivity contribution in [3.05, 3.63) is 176 Å². The van der Waals surface area contributed by atoms with Crippen molar-refractivity contribution in [3.8, 4) is 22.3 Å². The van der Waals surface area contributed by atoms with E-state index in [1.165, 1.54) is 73.4 Å². The molecule has 0 fully saturated rings. The molecule has 10 aromatic rings. The molecule has 0 radical (unpaired) electrons. The van der Waals surface area contributed by atoms with Gasteiger partial charge in [-0.05, 0) is 87.6 Å². The highest BCUT2D eigenvalue weighted by atomic mass is 32.1. The molecule has 8 aromatic carbocycles. The Bertz CT molecular complexity index is 2830. The second-order valence-corrected chi connectivity index (χ2v) is 14.7. The second-order valence-electron chi connectivity index (χ2n) is 12.5. The van der Waals surface area contributed by atoms with Crippen LogP contribution < -0.4 is 4.90 Å². The fourth-order valence-corrected chi connectivity index (χ4v) is 9.58. The Balaban J connectivity index is 1.11. The molecule has 3 heteroatoms. The zero-order chi connectivity index (χ0) is 32.3. The first-order chi connectivity index (χ1) is 24.3. The molecule has 0 spiro atoms. The number of fused-ring (bicyclic) bond motifs is 7. The maximum Gasteiger partial charge on any atom is 0.0476 e. The molecule has 49 heavy (non-hydrogen) atoms. The first-order valence-corrected chi connectivity index (χ1v) is 18.2. The lowest BCUT2D eigenvalue weighted by molar-refractivity contribution is 1.29. The number of hydrogen-bond acceptors (Lipinski definition) is 3. The van der Waals surface area contributed by atoms with E-state index in [9.17, 15) is 0 Å². The summed E-state index contributed by atoms with van der Waals surface area (Å²) in [5, 5.41) is 7.81. The van der Waals surface area contributed by atoms with Crippen LogP contribution >= 0.6 is 22.7 Å². The van der Waals surface area contributed by atoms with Crippen LogP contribution in [0.4, 0.5) is 17.1 Å². The van der Waals surface area contributed by atoms with Crippen LogP contribution in [0.25, 0.3) is 73.4 Å². The number of hydrogen-bond donors (Lipinski definition) is 0. The molecule has 0 aliphatic heterocycles. The zero-order valence-corrected chi connectivity index (χ0v) is 28.1. The van der Waals surface area contributed by atoms with Gasteiger partial charge in [-0.25, -0.2) is 0 Å². The van der Waals surface area contributed by atoms with E-state index in [2.05, 4.69) is 181 Å². The number of thiophene rings is 2. The molecule has 10 rings (SSSR count). The fourth-order valence-electron chi connectivity index (χ4n) is 7.30. The van der Waals surface area contributed by atoms with Crippen LogP contribution in [0.15, 0.2) is 176 Å². The first kappa shape index (κ1) is 28.3. The van der Waals surface area contributed by atoms with Gasteiger partial charge in [0.25, 0.3) is 0 Å². The summed E-state index contributed by atoms with van der Waals surface area (Å²) >= 11 is 3.73. The van der Waals surface area contributed by atoms with Gasteiger partial charge in [-0.1, -0.05) is 121 Å². The lowest BCUT2D eigenvalue weighted by Gasteiger charge is -2.26. The van der Waals surface area contributed by atoms with Gasteiger partial charge in [-0.2, -0.15) is 0 Å². The van der Waals surface area contributed by atoms with Crippen molar-refractivity contribution in [2.75, 3.05) is 4.90 Å². The molecule has 2 aromatic heterocycles. The summed E-state index contributed by atoms with van der Waals surface area (Å²) in [6, 6.07) is 64.5. The summed E-state index contributed by atoms with van der Waals surface area (Å²) in [5.74, 6) is 0. The third-order valence-electron chi connectivity index (χ3n) is 9.66. The van der Waals surface area contributed by atoms with Crippen LogP contribution in [0.5, 0.6) is 0 Å². The molecular formula is C46H29NS2. The highest BCUT2D eigenvalue weighted by Gasteiger charge is 2.17. The summed E-state index contributed by atoms with van der Waals surface area (Å²) in [5.41, 5.74) is 8.31. The van der Waals surface area contributed by atoms with Crippen LogP contribution in [0.3, 0.4) is 0 Å². The average molecular weight is 660 g/mol. The number of nitrogens with zero attached hydrogens (tertiary/aromatic N) is 1. The summed E-state index contributed by atoms with van der Waals surface area (Å²) in [6.07, 6.45) is 0. The van der Waals surface area contributed by atoms with Crippen LogP contribution in [0, 0.1) is 0 Å². The fraction of sp³-hybridized carbons (Fsp3) is 0.